The molecule has 1 aromatic carbocycles. The van der Waals surface area contributed by atoms with E-state index in [4.69, 9.17) is 0 Å². The molecule has 0 bridgehead atoms. The highest BCUT2D eigenvalue weighted by Gasteiger charge is 2.37. The Morgan fingerprint density at radius 1 is 1.35 bits per heavy atom. The summed E-state index contributed by atoms with van der Waals surface area (Å²) in [6.45, 7) is -0.332. The second kappa shape index (κ2) is 6.57. The number of aliphatic carboxylic acids is 1. The summed E-state index contributed by atoms with van der Waals surface area (Å²) in [5.41, 5.74) is 1.59. The normalized spacial score (nSPS) is 19.1. The van der Waals surface area contributed by atoms with Crippen molar-refractivity contribution in [2.75, 3.05) is 6.61 Å². The molecule has 0 saturated carbocycles. The van der Waals surface area contributed by atoms with Crippen LogP contribution in [0.5, 0.6) is 0 Å². The summed E-state index contributed by atoms with van der Waals surface area (Å²) in [5.74, 6) is -1.97. The van der Waals surface area contributed by atoms with Gasteiger partial charge in [-0.1, -0.05) is 24.3 Å². The molecule has 0 radical (unpaired) electrons. The molecule has 0 spiro atoms. The van der Waals surface area contributed by atoms with Crippen molar-refractivity contribution in [3.63, 3.8) is 0 Å². The molecule has 1 heterocycles. The first-order valence-corrected chi connectivity index (χ1v) is 6.97. The van der Waals surface area contributed by atoms with Crippen molar-refractivity contribution in [1.29, 1.82) is 0 Å². The van der Waals surface area contributed by atoms with E-state index in [2.05, 4.69) is 4.74 Å². The summed E-state index contributed by atoms with van der Waals surface area (Å²) < 4.78 is 41.1. The summed E-state index contributed by atoms with van der Waals surface area (Å²) in [7, 11) is 0. The summed E-state index contributed by atoms with van der Waals surface area (Å²) in [6.07, 6.45) is -5.80. The lowest BCUT2D eigenvalue weighted by Crippen LogP contribution is -2.52. The lowest BCUT2D eigenvalue weighted by molar-refractivity contribution is -0.190. The lowest BCUT2D eigenvalue weighted by Gasteiger charge is -2.35. The number of carboxylic acid groups (broad SMARTS) is 1. The number of rotatable bonds is 4. The van der Waals surface area contributed by atoms with E-state index in [9.17, 15) is 27.9 Å². The maximum Gasteiger partial charge on any atom is 0.411 e. The molecule has 0 saturated heterocycles. The van der Waals surface area contributed by atoms with Gasteiger partial charge >= 0.3 is 12.1 Å². The molecule has 5 nitrogen and oxygen atoms in total. The van der Waals surface area contributed by atoms with Crippen molar-refractivity contribution >= 4 is 11.9 Å². The van der Waals surface area contributed by atoms with E-state index >= 15 is 0 Å². The molecule has 1 aliphatic heterocycles. The Labute approximate surface area is 130 Å². The first-order valence-electron chi connectivity index (χ1n) is 6.97. The van der Waals surface area contributed by atoms with Crippen LogP contribution >= 0.6 is 0 Å². The molecule has 2 atom stereocenters. The first kappa shape index (κ1) is 17.3. The Hall–Kier alpha value is -2.09. The average Bonchev–Trinajstić information content (AvgIpc) is 2.49. The number of carboxylic acids is 1. The molecule has 2 rings (SSSR count). The molecule has 1 aliphatic rings. The van der Waals surface area contributed by atoms with Gasteiger partial charge in [0.15, 0.2) is 0 Å². The second-order valence-electron chi connectivity index (χ2n) is 5.36. The lowest BCUT2D eigenvalue weighted by atomic mass is 9.93. The van der Waals surface area contributed by atoms with Crippen molar-refractivity contribution in [2.24, 2.45) is 0 Å². The molecule has 23 heavy (non-hydrogen) atoms. The van der Waals surface area contributed by atoms with Gasteiger partial charge < -0.3 is 14.7 Å². The number of hydrogen-bond acceptors (Lipinski definition) is 3. The molecular weight excluding hydrogens is 315 g/mol. The highest BCUT2D eigenvalue weighted by atomic mass is 19.4. The fourth-order valence-electron chi connectivity index (χ4n) is 2.50. The zero-order chi connectivity index (χ0) is 17.2. The molecule has 126 valence electrons. The Balaban J connectivity index is 2.15. The van der Waals surface area contributed by atoms with Gasteiger partial charge in [-0.3, -0.25) is 4.79 Å². The molecular formula is C15H16F3NO4. The van der Waals surface area contributed by atoms with E-state index < -0.39 is 36.8 Å². The fraction of sp³-hybridized carbons (Fsp3) is 0.467. The van der Waals surface area contributed by atoms with Crippen LogP contribution in [0.1, 0.15) is 18.1 Å². The van der Waals surface area contributed by atoms with E-state index in [1.165, 1.54) is 6.92 Å². The number of fused-ring (bicyclic) bond motifs is 1. The first-order chi connectivity index (χ1) is 10.7. The maximum atomic E-state index is 12.3. The molecule has 1 aromatic rings. The summed E-state index contributed by atoms with van der Waals surface area (Å²) >= 11 is 0. The minimum absolute atomic E-state index is 0.0334. The van der Waals surface area contributed by atoms with Gasteiger partial charge in [0.05, 0.1) is 0 Å². The predicted molar refractivity (Wildman–Crippen MR) is 73.6 cm³/mol. The van der Waals surface area contributed by atoms with Crippen LogP contribution in [0.15, 0.2) is 24.3 Å². The smallest absolute Gasteiger partial charge is 0.411 e. The molecule has 8 heteroatoms. The van der Waals surface area contributed by atoms with Gasteiger partial charge in [0, 0.05) is 13.0 Å². The molecule has 1 N–H and O–H groups in total. The summed E-state index contributed by atoms with van der Waals surface area (Å²) in [4.78, 5) is 24.8. The highest BCUT2D eigenvalue weighted by molar-refractivity contribution is 5.87. The number of benzene rings is 1. The Bertz CT molecular complexity index is 603. The van der Waals surface area contributed by atoms with Gasteiger partial charge in [-0.05, 0) is 18.1 Å². The third-order valence-corrected chi connectivity index (χ3v) is 3.66. The van der Waals surface area contributed by atoms with Crippen molar-refractivity contribution in [3.8, 4) is 0 Å². The molecule has 1 unspecified atom stereocenters. The quantitative estimate of drug-likeness (QED) is 0.916. The third kappa shape index (κ3) is 4.22. The second-order valence-corrected chi connectivity index (χ2v) is 5.36. The minimum atomic E-state index is -4.55. The monoisotopic (exact) mass is 331 g/mol. The van der Waals surface area contributed by atoms with Crippen LogP contribution in [-0.2, 0) is 27.3 Å². The van der Waals surface area contributed by atoms with Crippen LogP contribution in [-0.4, -0.2) is 46.8 Å². The SMILES string of the molecule is CC(OCC(F)(F)F)C(=O)N1Cc2ccccc2C[C@@H]1C(=O)O. The van der Waals surface area contributed by atoms with Gasteiger partial charge in [-0.25, -0.2) is 4.79 Å². The van der Waals surface area contributed by atoms with Gasteiger partial charge in [-0.15, -0.1) is 0 Å². The van der Waals surface area contributed by atoms with E-state index in [0.29, 0.717) is 0 Å². The Kier molecular flexibility index (Phi) is 4.93. The van der Waals surface area contributed by atoms with E-state index in [1.54, 1.807) is 24.3 Å². The van der Waals surface area contributed by atoms with Gasteiger partial charge in [0.25, 0.3) is 5.91 Å². The minimum Gasteiger partial charge on any atom is -0.480 e. The van der Waals surface area contributed by atoms with E-state index in [1.807, 2.05) is 0 Å². The van der Waals surface area contributed by atoms with Crippen LogP contribution in [0, 0.1) is 0 Å². The van der Waals surface area contributed by atoms with Crippen molar-refractivity contribution < 1.29 is 32.6 Å². The number of halogens is 3. The zero-order valence-electron chi connectivity index (χ0n) is 12.3. The van der Waals surface area contributed by atoms with E-state index in [0.717, 1.165) is 16.0 Å². The summed E-state index contributed by atoms with van der Waals surface area (Å²) in [5, 5.41) is 9.31. The number of carbonyl (C=O) groups is 2. The number of nitrogens with zero attached hydrogens (tertiary/aromatic N) is 1. The standard InChI is InChI=1S/C15H16F3NO4/c1-9(23-8-15(16,17)18)13(20)19-7-11-5-3-2-4-10(11)6-12(19)14(21)22/h2-5,9,12H,6-8H2,1H3,(H,21,22)/t9?,12-/m1/s1. The molecule has 0 aliphatic carbocycles. The van der Waals surface area contributed by atoms with Crippen LogP contribution < -0.4 is 0 Å². The van der Waals surface area contributed by atoms with Crippen LogP contribution in [0.3, 0.4) is 0 Å². The van der Waals surface area contributed by atoms with Gasteiger partial charge in [0.1, 0.15) is 18.8 Å². The van der Waals surface area contributed by atoms with Crippen LogP contribution in [0.2, 0.25) is 0 Å². The van der Waals surface area contributed by atoms with Crippen LogP contribution in [0.25, 0.3) is 0 Å². The Morgan fingerprint density at radius 2 is 1.96 bits per heavy atom. The van der Waals surface area contributed by atoms with Crippen molar-refractivity contribution in [3.05, 3.63) is 35.4 Å². The van der Waals surface area contributed by atoms with Crippen molar-refractivity contribution in [2.45, 2.75) is 38.2 Å². The number of ether oxygens (including phenoxy) is 1. The molecule has 1 amide bonds. The average molecular weight is 331 g/mol. The number of carbonyl (C=O) groups excluding carboxylic acids is 1. The summed E-state index contributed by atoms with van der Waals surface area (Å²) in [6, 6.07) is 5.94. The van der Waals surface area contributed by atoms with Gasteiger partial charge in [-0.2, -0.15) is 13.2 Å². The third-order valence-electron chi connectivity index (χ3n) is 3.66. The fourth-order valence-corrected chi connectivity index (χ4v) is 2.50. The topological polar surface area (TPSA) is 66.8 Å². The highest BCUT2D eigenvalue weighted by Crippen LogP contribution is 2.25. The molecule has 0 aromatic heterocycles. The van der Waals surface area contributed by atoms with Crippen molar-refractivity contribution in [1.82, 2.24) is 4.90 Å². The van der Waals surface area contributed by atoms with E-state index in [-0.39, 0.29) is 13.0 Å². The molecule has 0 fully saturated rings. The predicted octanol–water partition coefficient (Wildman–Crippen LogP) is 1.99. The van der Waals surface area contributed by atoms with Gasteiger partial charge in [0.2, 0.25) is 0 Å². The Morgan fingerprint density at radius 3 is 2.52 bits per heavy atom. The van der Waals surface area contributed by atoms with Crippen LogP contribution in [0.4, 0.5) is 13.2 Å². The maximum absolute atomic E-state index is 12.3. The number of alkyl halides is 3. The largest absolute Gasteiger partial charge is 0.480 e. The number of amides is 1. The zero-order valence-corrected chi connectivity index (χ0v) is 12.3. The number of hydrogen-bond donors (Lipinski definition) is 1.